The van der Waals surface area contributed by atoms with Gasteiger partial charge in [-0.25, -0.2) is 0 Å². The lowest BCUT2D eigenvalue weighted by molar-refractivity contribution is -0.118. The largest absolute Gasteiger partial charge is 0.417 e. The molecule has 6 heteroatoms. The Morgan fingerprint density at radius 3 is 2.08 bits per heavy atom. The topological polar surface area (TPSA) is 49.3 Å². The average Bonchev–Trinajstić information content (AvgIpc) is 2.58. The van der Waals surface area contributed by atoms with Crippen LogP contribution in [0.15, 0.2) is 66.7 Å². The van der Waals surface area contributed by atoms with E-state index < -0.39 is 30.3 Å². The van der Waals surface area contributed by atoms with Crippen molar-refractivity contribution in [3.05, 3.63) is 77.9 Å². The summed E-state index contributed by atoms with van der Waals surface area (Å²) in [4.78, 5) is 12.0. The first kappa shape index (κ1) is 17.7. The van der Waals surface area contributed by atoms with Crippen molar-refractivity contribution >= 4 is 11.5 Å². The standard InChI is InChI=1S/C18H16F3NO2/c19-18(20,21)15(13-7-3-1-4-8-13)11-17(24)22-16(12-23)14-9-5-2-6-10-14/h1-11,16,23H,12H2,(H,22,24)/b15-11-. The summed E-state index contributed by atoms with van der Waals surface area (Å²) in [6.45, 7) is -0.420. The second-order valence-corrected chi connectivity index (χ2v) is 5.08. The second-order valence-electron chi connectivity index (χ2n) is 5.08. The van der Waals surface area contributed by atoms with Gasteiger partial charge in [0.25, 0.3) is 0 Å². The molecule has 126 valence electrons. The Bertz CT molecular complexity index is 697. The highest BCUT2D eigenvalue weighted by atomic mass is 19.4. The third-order valence-corrected chi connectivity index (χ3v) is 3.37. The van der Waals surface area contributed by atoms with Crippen molar-refractivity contribution in [2.45, 2.75) is 12.2 Å². The number of amides is 1. The lowest BCUT2D eigenvalue weighted by Crippen LogP contribution is -2.30. The normalized spacial score (nSPS) is 13.4. The van der Waals surface area contributed by atoms with Gasteiger partial charge in [-0.3, -0.25) is 4.79 Å². The predicted molar refractivity (Wildman–Crippen MR) is 84.9 cm³/mol. The molecular formula is C18H16F3NO2. The molecular weight excluding hydrogens is 319 g/mol. The van der Waals surface area contributed by atoms with E-state index in [1.807, 2.05) is 0 Å². The van der Waals surface area contributed by atoms with E-state index in [1.54, 1.807) is 36.4 Å². The number of carbonyl (C=O) groups is 1. The third kappa shape index (κ3) is 4.70. The lowest BCUT2D eigenvalue weighted by atomic mass is 10.0. The van der Waals surface area contributed by atoms with Crippen molar-refractivity contribution in [2.24, 2.45) is 0 Å². The zero-order chi connectivity index (χ0) is 17.6. The number of carbonyl (C=O) groups excluding carboxylic acids is 1. The molecule has 0 bridgehead atoms. The number of allylic oxidation sites excluding steroid dienone is 1. The van der Waals surface area contributed by atoms with Crippen molar-refractivity contribution in [2.75, 3.05) is 6.61 Å². The first-order chi connectivity index (χ1) is 11.4. The molecule has 0 saturated heterocycles. The van der Waals surface area contributed by atoms with Gasteiger partial charge < -0.3 is 10.4 Å². The van der Waals surface area contributed by atoms with E-state index in [2.05, 4.69) is 5.32 Å². The van der Waals surface area contributed by atoms with Gasteiger partial charge in [-0.05, 0) is 11.1 Å². The van der Waals surface area contributed by atoms with Gasteiger partial charge in [-0.15, -0.1) is 0 Å². The quantitative estimate of drug-likeness (QED) is 0.822. The van der Waals surface area contributed by atoms with Crippen LogP contribution in [0.4, 0.5) is 13.2 Å². The number of rotatable bonds is 5. The average molecular weight is 335 g/mol. The maximum Gasteiger partial charge on any atom is 0.417 e. The highest BCUT2D eigenvalue weighted by Gasteiger charge is 2.35. The number of hydrogen-bond donors (Lipinski definition) is 2. The monoisotopic (exact) mass is 335 g/mol. The maximum absolute atomic E-state index is 13.2. The molecule has 2 N–H and O–H groups in total. The van der Waals surface area contributed by atoms with Gasteiger partial charge in [-0.1, -0.05) is 60.7 Å². The molecule has 1 atom stereocenters. The van der Waals surface area contributed by atoms with Crippen LogP contribution >= 0.6 is 0 Å². The van der Waals surface area contributed by atoms with Crippen LogP contribution in [-0.2, 0) is 4.79 Å². The Morgan fingerprint density at radius 2 is 1.58 bits per heavy atom. The van der Waals surface area contributed by atoms with Gasteiger partial charge in [0.15, 0.2) is 0 Å². The fourth-order valence-corrected chi connectivity index (χ4v) is 2.21. The Kier molecular flexibility index (Phi) is 5.76. The molecule has 0 aliphatic heterocycles. The Morgan fingerprint density at radius 1 is 1.04 bits per heavy atom. The third-order valence-electron chi connectivity index (χ3n) is 3.37. The van der Waals surface area contributed by atoms with Crippen LogP contribution < -0.4 is 5.32 Å². The van der Waals surface area contributed by atoms with Crippen LogP contribution in [0.5, 0.6) is 0 Å². The summed E-state index contributed by atoms with van der Waals surface area (Å²) in [5.74, 6) is -0.922. The number of hydrogen-bond acceptors (Lipinski definition) is 2. The van der Waals surface area contributed by atoms with Crippen LogP contribution in [0.1, 0.15) is 17.2 Å². The minimum atomic E-state index is -4.67. The summed E-state index contributed by atoms with van der Waals surface area (Å²) in [6.07, 6.45) is -4.15. The number of halogens is 3. The van der Waals surface area contributed by atoms with E-state index in [9.17, 15) is 23.1 Å². The molecule has 2 rings (SSSR count). The first-order valence-electron chi connectivity index (χ1n) is 7.22. The molecule has 2 aromatic carbocycles. The summed E-state index contributed by atoms with van der Waals surface area (Å²) in [5.41, 5.74) is -0.527. The van der Waals surface area contributed by atoms with Crippen molar-refractivity contribution in [1.29, 1.82) is 0 Å². The Balaban J connectivity index is 2.24. The fourth-order valence-electron chi connectivity index (χ4n) is 2.21. The number of aliphatic hydroxyl groups excluding tert-OH is 1. The number of nitrogens with one attached hydrogen (secondary N) is 1. The molecule has 1 amide bonds. The summed E-state index contributed by atoms with van der Waals surface area (Å²) >= 11 is 0. The molecule has 0 fully saturated rings. The zero-order valence-electron chi connectivity index (χ0n) is 12.6. The molecule has 0 heterocycles. The Labute approximate surface area is 137 Å². The second kappa shape index (κ2) is 7.79. The van der Waals surface area contributed by atoms with Crippen molar-refractivity contribution in [3.8, 4) is 0 Å². The van der Waals surface area contributed by atoms with Crippen molar-refractivity contribution in [3.63, 3.8) is 0 Å². The summed E-state index contributed by atoms with van der Waals surface area (Å²) < 4.78 is 39.6. The van der Waals surface area contributed by atoms with Crippen LogP contribution in [-0.4, -0.2) is 23.8 Å². The number of alkyl halides is 3. The molecule has 24 heavy (non-hydrogen) atoms. The molecule has 0 spiro atoms. The highest BCUT2D eigenvalue weighted by Crippen LogP contribution is 2.33. The van der Waals surface area contributed by atoms with Gasteiger partial charge in [0.1, 0.15) is 0 Å². The minimum absolute atomic E-state index is 0.0968. The van der Waals surface area contributed by atoms with Crippen molar-refractivity contribution in [1.82, 2.24) is 5.32 Å². The van der Waals surface area contributed by atoms with Gasteiger partial charge in [-0.2, -0.15) is 13.2 Å². The molecule has 0 aliphatic carbocycles. The van der Waals surface area contributed by atoms with Crippen LogP contribution in [0.2, 0.25) is 0 Å². The minimum Gasteiger partial charge on any atom is -0.394 e. The van der Waals surface area contributed by atoms with Crippen LogP contribution in [0, 0.1) is 0 Å². The number of benzene rings is 2. The zero-order valence-corrected chi connectivity index (χ0v) is 12.6. The number of aliphatic hydroxyl groups is 1. The molecule has 0 radical (unpaired) electrons. The predicted octanol–water partition coefficient (Wildman–Crippen LogP) is 3.48. The summed E-state index contributed by atoms with van der Waals surface area (Å²) in [7, 11) is 0. The molecule has 0 saturated carbocycles. The lowest BCUT2D eigenvalue weighted by Gasteiger charge is -2.17. The van der Waals surface area contributed by atoms with Gasteiger partial charge in [0, 0.05) is 6.08 Å². The van der Waals surface area contributed by atoms with Gasteiger partial charge in [0.2, 0.25) is 5.91 Å². The van der Waals surface area contributed by atoms with E-state index in [0.717, 1.165) is 0 Å². The Hall–Kier alpha value is -2.60. The molecule has 2 aromatic rings. The molecule has 3 nitrogen and oxygen atoms in total. The van der Waals surface area contributed by atoms with Crippen LogP contribution in [0.3, 0.4) is 0 Å². The van der Waals surface area contributed by atoms with Crippen molar-refractivity contribution < 1.29 is 23.1 Å². The van der Waals surface area contributed by atoms with Crippen LogP contribution in [0.25, 0.3) is 5.57 Å². The van der Waals surface area contributed by atoms with E-state index in [1.165, 1.54) is 24.3 Å². The molecule has 0 aromatic heterocycles. The fraction of sp³-hybridized carbons (Fsp3) is 0.167. The first-order valence-corrected chi connectivity index (χ1v) is 7.22. The summed E-state index contributed by atoms with van der Waals surface area (Å²) in [5, 5.41) is 11.8. The highest BCUT2D eigenvalue weighted by molar-refractivity contribution is 5.96. The molecule has 0 aliphatic rings. The SMILES string of the molecule is O=C(/C=C(/c1ccccc1)C(F)(F)F)NC(CO)c1ccccc1. The van der Waals surface area contributed by atoms with Gasteiger partial charge in [0.05, 0.1) is 18.2 Å². The molecule has 1 unspecified atom stereocenters. The van der Waals surface area contributed by atoms with E-state index in [-0.39, 0.29) is 5.56 Å². The van der Waals surface area contributed by atoms with E-state index in [4.69, 9.17) is 0 Å². The van der Waals surface area contributed by atoms with E-state index >= 15 is 0 Å². The van der Waals surface area contributed by atoms with Gasteiger partial charge >= 0.3 is 6.18 Å². The van der Waals surface area contributed by atoms with E-state index in [0.29, 0.717) is 11.6 Å². The smallest absolute Gasteiger partial charge is 0.394 e. The maximum atomic E-state index is 13.2. The summed E-state index contributed by atoms with van der Waals surface area (Å²) in [6, 6.07) is 14.8.